The van der Waals surface area contributed by atoms with Gasteiger partial charge in [-0.3, -0.25) is 0 Å². The minimum Gasteiger partial charge on any atom is -0.462 e. The third kappa shape index (κ3) is 4.81. The van der Waals surface area contributed by atoms with Crippen LogP contribution in [0.1, 0.15) is 43.0 Å². The van der Waals surface area contributed by atoms with Crippen molar-refractivity contribution in [2.75, 3.05) is 11.9 Å². The number of carbonyl (C=O) groups excluding carboxylic acids is 1. The highest BCUT2D eigenvalue weighted by Gasteiger charge is 2.21. The molecular formula is C15H20N2O2S. The fraction of sp³-hybridized carbons (Fsp3) is 0.467. The summed E-state index contributed by atoms with van der Waals surface area (Å²) in [6.45, 7) is 2.54. The maximum atomic E-state index is 11.7. The minimum absolute atomic E-state index is 0.274. The Morgan fingerprint density at radius 1 is 1.35 bits per heavy atom. The SMILES string of the molecule is CCCCOC(=O)c1ccc(NC(=S)NC2CC2)cc1. The molecule has 1 aromatic rings. The second-order valence-corrected chi connectivity index (χ2v) is 5.35. The molecule has 2 rings (SSSR count). The van der Waals surface area contributed by atoms with Gasteiger partial charge in [0.05, 0.1) is 12.2 Å². The standard InChI is InChI=1S/C15H20N2O2S/c1-2-3-10-19-14(18)11-4-6-12(7-5-11)16-15(20)17-13-8-9-13/h4-7,13H,2-3,8-10H2,1H3,(H2,16,17,20). The Labute approximate surface area is 124 Å². The molecule has 108 valence electrons. The van der Waals surface area contributed by atoms with E-state index in [1.54, 1.807) is 12.1 Å². The van der Waals surface area contributed by atoms with Crippen molar-refractivity contribution >= 4 is 29.0 Å². The van der Waals surface area contributed by atoms with Crippen molar-refractivity contribution in [2.24, 2.45) is 0 Å². The summed E-state index contributed by atoms with van der Waals surface area (Å²) in [5.41, 5.74) is 1.43. The van der Waals surface area contributed by atoms with E-state index in [1.807, 2.05) is 12.1 Å². The van der Waals surface area contributed by atoms with E-state index in [9.17, 15) is 4.79 Å². The number of hydrogen-bond acceptors (Lipinski definition) is 3. The normalized spacial score (nSPS) is 13.7. The van der Waals surface area contributed by atoms with Crippen molar-refractivity contribution in [3.8, 4) is 0 Å². The number of nitrogens with one attached hydrogen (secondary N) is 2. The molecule has 0 unspecified atom stereocenters. The summed E-state index contributed by atoms with van der Waals surface area (Å²) in [7, 11) is 0. The number of carbonyl (C=O) groups is 1. The largest absolute Gasteiger partial charge is 0.462 e. The first-order valence-electron chi connectivity index (χ1n) is 7.03. The van der Waals surface area contributed by atoms with Crippen LogP contribution in [-0.4, -0.2) is 23.7 Å². The second kappa shape index (κ2) is 7.24. The van der Waals surface area contributed by atoms with Crippen LogP contribution in [0.25, 0.3) is 0 Å². The molecule has 2 N–H and O–H groups in total. The van der Waals surface area contributed by atoms with Gasteiger partial charge in [-0.05, 0) is 55.7 Å². The maximum absolute atomic E-state index is 11.7. The van der Waals surface area contributed by atoms with Gasteiger partial charge in [-0.2, -0.15) is 0 Å². The van der Waals surface area contributed by atoms with Crippen LogP contribution in [0.15, 0.2) is 24.3 Å². The molecule has 1 fully saturated rings. The zero-order chi connectivity index (χ0) is 14.4. The number of thiocarbonyl (C=S) groups is 1. The number of hydrogen-bond donors (Lipinski definition) is 2. The molecule has 0 heterocycles. The Bertz CT molecular complexity index is 469. The predicted octanol–water partition coefficient (Wildman–Crippen LogP) is 3.09. The average molecular weight is 292 g/mol. The number of ether oxygens (including phenoxy) is 1. The van der Waals surface area contributed by atoms with Crippen molar-refractivity contribution in [1.29, 1.82) is 0 Å². The predicted molar refractivity (Wildman–Crippen MR) is 84.0 cm³/mol. The van der Waals surface area contributed by atoms with Crippen LogP contribution in [-0.2, 0) is 4.74 Å². The van der Waals surface area contributed by atoms with E-state index in [0.29, 0.717) is 23.3 Å². The number of anilines is 1. The first kappa shape index (κ1) is 14.8. The molecule has 0 amide bonds. The van der Waals surface area contributed by atoms with Crippen LogP contribution in [0.3, 0.4) is 0 Å². The second-order valence-electron chi connectivity index (χ2n) is 4.94. The monoisotopic (exact) mass is 292 g/mol. The van der Waals surface area contributed by atoms with Crippen LogP contribution in [0, 0.1) is 0 Å². The van der Waals surface area contributed by atoms with Gasteiger partial charge in [0.15, 0.2) is 5.11 Å². The van der Waals surface area contributed by atoms with Crippen molar-refractivity contribution in [1.82, 2.24) is 5.32 Å². The molecule has 1 aliphatic rings. The number of benzene rings is 1. The summed E-state index contributed by atoms with van der Waals surface area (Å²) in [6, 6.07) is 7.68. The maximum Gasteiger partial charge on any atom is 0.338 e. The lowest BCUT2D eigenvalue weighted by molar-refractivity contribution is 0.0500. The molecule has 1 saturated carbocycles. The van der Waals surface area contributed by atoms with E-state index in [2.05, 4.69) is 17.6 Å². The highest BCUT2D eigenvalue weighted by atomic mass is 32.1. The van der Waals surface area contributed by atoms with Gasteiger partial charge in [-0.15, -0.1) is 0 Å². The van der Waals surface area contributed by atoms with Crippen LogP contribution in [0.4, 0.5) is 5.69 Å². The van der Waals surface area contributed by atoms with Gasteiger partial charge in [0.2, 0.25) is 0 Å². The zero-order valence-corrected chi connectivity index (χ0v) is 12.5. The van der Waals surface area contributed by atoms with Crippen molar-refractivity contribution in [3.05, 3.63) is 29.8 Å². The van der Waals surface area contributed by atoms with Gasteiger partial charge in [-0.1, -0.05) is 13.3 Å². The van der Waals surface area contributed by atoms with Gasteiger partial charge in [0, 0.05) is 11.7 Å². The zero-order valence-electron chi connectivity index (χ0n) is 11.6. The fourth-order valence-electron chi connectivity index (χ4n) is 1.66. The number of unbranched alkanes of at least 4 members (excludes halogenated alkanes) is 1. The van der Waals surface area contributed by atoms with Crippen molar-refractivity contribution in [2.45, 2.75) is 38.6 Å². The Morgan fingerprint density at radius 3 is 2.65 bits per heavy atom. The van der Waals surface area contributed by atoms with Crippen LogP contribution >= 0.6 is 12.2 Å². The molecule has 4 nitrogen and oxygen atoms in total. The Kier molecular flexibility index (Phi) is 5.35. The van der Waals surface area contributed by atoms with Crippen LogP contribution < -0.4 is 10.6 Å². The summed E-state index contributed by atoms with van der Waals surface area (Å²) < 4.78 is 5.15. The Morgan fingerprint density at radius 2 is 2.05 bits per heavy atom. The molecule has 1 aliphatic carbocycles. The Balaban J connectivity index is 1.82. The lowest BCUT2D eigenvalue weighted by atomic mass is 10.2. The third-order valence-electron chi connectivity index (χ3n) is 3.02. The van der Waals surface area contributed by atoms with Crippen LogP contribution in [0.2, 0.25) is 0 Å². The smallest absolute Gasteiger partial charge is 0.338 e. The summed E-state index contributed by atoms with van der Waals surface area (Å²) >= 11 is 5.19. The van der Waals surface area contributed by atoms with Gasteiger partial charge in [0.1, 0.15) is 0 Å². The first-order chi connectivity index (χ1) is 9.69. The topological polar surface area (TPSA) is 50.4 Å². The lowest BCUT2D eigenvalue weighted by Crippen LogP contribution is -2.30. The van der Waals surface area contributed by atoms with E-state index in [-0.39, 0.29) is 5.97 Å². The summed E-state index contributed by atoms with van der Waals surface area (Å²) in [4.78, 5) is 11.7. The average Bonchev–Trinajstić information content (AvgIpc) is 3.23. The summed E-state index contributed by atoms with van der Waals surface area (Å²) in [5.74, 6) is -0.274. The molecule has 0 atom stereocenters. The van der Waals surface area contributed by atoms with Crippen molar-refractivity contribution in [3.63, 3.8) is 0 Å². The summed E-state index contributed by atoms with van der Waals surface area (Å²) in [5, 5.41) is 6.93. The molecular weight excluding hydrogens is 272 g/mol. The molecule has 0 spiro atoms. The Hall–Kier alpha value is -1.62. The first-order valence-corrected chi connectivity index (χ1v) is 7.44. The molecule has 0 saturated heterocycles. The molecule has 0 bridgehead atoms. The molecule has 20 heavy (non-hydrogen) atoms. The summed E-state index contributed by atoms with van der Waals surface area (Å²) in [6.07, 6.45) is 4.28. The quantitative estimate of drug-likeness (QED) is 0.479. The molecule has 0 aromatic heterocycles. The molecule has 1 aromatic carbocycles. The lowest BCUT2D eigenvalue weighted by Gasteiger charge is -2.10. The van der Waals surface area contributed by atoms with E-state index in [1.165, 1.54) is 12.8 Å². The highest BCUT2D eigenvalue weighted by molar-refractivity contribution is 7.80. The van der Waals surface area contributed by atoms with E-state index in [4.69, 9.17) is 17.0 Å². The molecule has 0 aliphatic heterocycles. The van der Waals surface area contributed by atoms with Gasteiger partial charge >= 0.3 is 5.97 Å². The number of rotatable bonds is 6. The fourth-order valence-corrected chi connectivity index (χ4v) is 1.95. The minimum atomic E-state index is -0.274. The van der Waals surface area contributed by atoms with Crippen molar-refractivity contribution < 1.29 is 9.53 Å². The molecule has 0 radical (unpaired) electrons. The van der Waals surface area contributed by atoms with Gasteiger partial charge < -0.3 is 15.4 Å². The molecule has 5 heteroatoms. The highest BCUT2D eigenvalue weighted by Crippen LogP contribution is 2.19. The van der Waals surface area contributed by atoms with Crippen LogP contribution in [0.5, 0.6) is 0 Å². The van der Waals surface area contributed by atoms with Gasteiger partial charge in [-0.25, -0.2) is 4.79 Å². The van der Waals surface area contributed by atoms with E-state index < -0.39 is 0 Å². The van der Waals surface area contributed by atoms with E-state index >= 15 is 0 Å². The number of esters is 1. The van der Waals surface area contributed by atoms with Gasteiger partial charge in [0.25, 0.3) is 0 Å². The third-order valence-corrected chi connectivity index (χ3v) is 3.24. The van der Waals surface area contributed by atoms with E-state index in [0.717, 1.165) is 18.5 Å².